The molecule has 1 aromatic carbocycles. The number of ether oxygens (including phenoxy) is 1. The summed E-state index contributed by atoms with van der Waals surface area (Å²) in [4.78, 5) is 11.9. The van der Waals surface area contributed by atoms with Gasteiger partial charge in [0.25, 0.3) is 0 Å². The molecule has 1 atom stereocenters. The maximum atomic E-state index is 12.9. The molecular formula is C15H20FN5O2S. The highest BCUT2D eigenvalue weighted by Crippen LogP contribution is 2.21. The van der Waals surface area contributed by atoms with Gasteiger partial charge in [-0.15, -0.1) is 10.2 Å². The fourth-order valence-corrected chi connectivity index (χ4v) is 2.74. The zero-order chi connectivity index (χ0) is 17.5. The van der Waals surface area contributed by atoms with Crippen molar-refractivity contribution in [2.45, 2.75) is 23.8 Å². The van der Waals surface area contributed by atoms with Crippen LogP contribution in [-0.4, -0.2) is 46.3 Å². The average molecular weight is 353 g/mol. The van der Waals surface area contributed by atoms with Crippen molar-refractivity contribution in [1.29, 1.82) is 0 Å². The van der Waals surface area contributed by atoms with Crippen LogP contribution in [0.3, 0.4) is 0 Å². The van der Waals surface area contributed by atoms with E-state index in [1.165, 1.54) is 28.6 Å². The highest BCUT2D eigenvalue weighted by Gasteiger charge is 2.19. The molecule has 2 rings (SSSR count). The molecule has 130 valence electrons. The standard InChI is InChI=1S/C15H20FN5O2S/c1-10(14(22)18-7-8-23-2)24-15-20-19-13(21(15)17)9-11-3-5-12(16)6-4-11/h3-6,10H,7-9,17H2,1-2H3,(H,18,22)/t10-/m0/s1. The first-order valence-electron chi connectivity index (χ1n) is 7.38. The monoisotopic (exact) mass is 353 g/mol. The van der Waals surface area contributed by atoms with Crippen LogP contribution < -0.4 is 11.2 Å². The Morgan fingerprint density at radius 2 is 2.12 bits per heavy atom. The van der Waals surface area contributed by atoms with Crippen molar-refractivity contribution in [3.8, 4) is 0 Å². The summed E-state index contributed by atoms with van der Waals surface area (Å²) in [5, 5.41) is 10.9. The molecule has 2 aromatic rings. The molecule has 7 nitrogen and oxygen atoms in total. The molecule has 9 heteroatoms. The molecule has 1 heterocycles. The van der Waals surface area contributed by atoms with Crippen LogP contribution in [-0.2, 0) is 16.0 Å². The highest BCUT2D eigenvalue weighted by molar-refractivity contribution is 8.00. The van der Waals surface area contributed by atoms with E-state index in [2.05, 4.69) is 15.5 Å². The number of thioether (sulfide) groups is 1. The SMILES string of the molecule is COCCNC(=O)[C@H](C)Sc1nnc(Cc2ccc(F)cc2)n1N. The lowest BCUT2D eigenvalue weighted by Crippen LogP contribution is -2.33. The smallest absolute Gasteiger partial charge is 0.233 e. The van der Waals surface area contributed by atoms with Gasteiger partial charge in [-0.2, -0.15) is 0 Å². The van der Waals surface area contributed by atoms with Crippen LogP contribution in [0.2, 0.25) is 0 Å². The predicted molar refractivity (Wildman–Crippen MR) is 89.6 cm³/mol. The summed E-state index contributed by atoms with van der Waals surface area (Å²) in [5.41, 5.74) is 0.873. The molecule has 3 N–H and O–H groups in total. The molecule has 0 aliphatic rings. The van der Waals surface area contributed by atoms with Crippen molar-refractivity contribution >= 4 is 17.7 Å². The van der Waals surface area contributed by atoms with Crippen LogP contribution in [0.5, 0.6) is 0 Å². The number of aromatic nitrogens is 3. The maximum Gasteiger partial charge on any atom is 0.233 e. The van der Waals surface area contributed by atoms with Crippen LogP contribution in [0.4, 0.5) is 4.39 Å². The molecule has 0 fully saturated rings. The van der Waals surface area contributed by atoms with Crippen molar-refractivity contribution in [3.63, 3.8) is 0 Å². The number of hydrogen-bond donors (Lipinski definition) is 2. The Morgan fingerprint density at radius 3 is 2.79 bits per heavy atom. The summed E-state index contributed by atoms with van der Waals surface area (Å²) < 4.78 is 19.2. The molecule has 24 heavy (non-hydrogen) atoms. The number of carbonyl (C=O) groups is 1. The molecule has 1 aromatic heterocycles. The van der Waals surface area contributed by atoms with Crippen LogP contribution >= 0.6 is 11.8 Å². The molecule has 0 bridgehead atoms. The van der Waals surface area contributed by atoms with E-state index in [1.807, 2.05) is 0 Å². The van der Waals surface area contributed by atoms with Crippen molar-refractivity contribution in [3.05, 3.63) is 41.5 Å². The zero-order valence-electron chi connectivity index (χ0n) is 13.5. The molecule has 0 aliphatic carbocycles. The fourth-order valence-electron chi connectivity index (χ4n) is 1.92. The number of nitrogens with one attached hydrogen (secondary N) is 1. The summed E-state index contributed by atoms with van der Waals surface area (Å²) in [7, 11) is 1.57. The summed E-state index contributed by atoms with van der Waals surface area (Å²) >= 11 is 1.22. The third-order valence-electron chi connectivity index (χ3n) is 3.27. The van der Waals surface area contributed by atoms with Gasteiger partial charge in [0.05, 0.1) is 11.9 Å². The van der Waals surface area contributed by atoms with Gasteiger partial charge in [-0.25, -0.2) is 9.07 Å². The van der Waals surface area contributed by atoms with Gasteiger partial charge in [-0.1, -0.05) is 23.9 Å². The first kappa shape index (κ1) is 18.2. The minimum atomic E-state index is -0.368. The average Bonchev–Trinajstić information content (AvgIpc) is 2.90. The Morgan fingerprint density at radius 1 is 1.42 bits per heavy atom. The van der Waals surface area contributed by atoms with Gasteiger partial charge >= 0.3 is 0 Å². The largest absolute Gasteiger partial charge is 0.383 e. The van der Waals surface area contributed by atoms with Gasteiger partial charge in [0, 0.05) is 20.1 Å². The van der Waals surface area contributed by atoms with Crippen LogP contribution in [0.15, 0.2) is 29.4 Å². The number of halogens is 1. The van der Waals surface area contributed by atoms with E-state index in [-0.39, 0.29) is 17.0 Å². The van der Waals surface area contributed by atoms with Crippen molar-refractivity contribution in [1.82, 2.24) is 20.2 Å². The molecule has 0 aliphatic heterocycles. The fraction of sp³-hybridized carbons (Fsp3) is 0.400. The summed E-state index contributed by atoms with van der Waals surface area (Å²) in [6.07, 6.45) is 0.429. The van der Waals surface area contributed by atoms with Crippen LogP contribution in [0.25, 0.3) is 0 Å². The number of hydrogen-bond acceptors (Lipinski definition) is 6. The normalized spacial score (nSPS) is 12.1. The number of rotatable bonds is 8. The number of methoxy groups -OCH3 is 1. The second-order valence-corrected chi connectivity index (χ2v) is 6.42. The number of nitrogens with zero attached hydrogens (tertiary/aromatic N) is 3. The Kier molecular flexibility index (Phi) is 6.56. The molecule has 0 saturated carbocycles. The first-order valence-corrected chi connectivity index (χ1v) is 8.26. The molecule has 0 unspecified atom stereocenters. The van der Waals surface area contributed by atoms with Crippen molar-refractivity contribution in [2.75, 3.05) is 26.1 Å². The lowest BCUT2D eigenvalue weighted by atomic mass is 10.1. The first-order chi connectivity index (χ1) is 11.5. The number of amides is 1. The number of nitrogen functional groups attached to an aromatic ring is 1. The van der Waals surface area contributed by atoms with Gasteiger partial charge in [0.2, 0.25) is 11.1 Å². The Bertz CT molecular complexity index is 677. The third kappa shape index (κ3) is 4.93. The number of nitrogens with two attached hydrogens (primary N) is 1. The van der Waals surface area contributed by atoms with E-state index in [4.69, 9.17) is 10.6 Å². The number of benzene rings is 1. The number of carbonyl (C=O) groups excluding carboxylic acids is 1. The summed E-state index contributed by atoms with van der Waals surface area (Å²) in [6, 6.07) is 6.11. The van der Waals surface area contributed by atoms with Crippen LogP contribution in [0.1, 0.15) is 18.3 Å². The van der Waals surface area contributed by atoms with Gasteiger partial charge in [-0.05, 0) is 24.6 Å². The van der Waals surface area contributed by atoms with Crippen LogP contribution in [0, 0.1) is 5.82 Å². The molecular weight excluding hydrogens is 333 g/mol. The quantitative estimate of drug-likeness (QED) is 0.417. The lowest BCUT2D eigenvalue weighted by molar-refractivity contribution is -0.120. The molecule has 0 spiro atoms. The van der Waals surface area contributed by atoms with Gasteiger partial charge in [0.1, 0.15) is 5.82 Å². The summed E-state index contributed by atoms with van der Waals surface area (Å²) in [5.74, 6) is 6.12. The maximum absolute atomic E-state index is 12.9. The third-order valence-corrected chi connectivity index (χ3v) is 4.32. The van der Waals surface area contributed by atoms with E-state index in [0.717, 1.165) is 5.56 Å². The van der Waals surface area contributed by atoms with Gasteiger partial charge in [0.15, 0.2) is 5.82 Å². The second kappa shape index (κ2) is 8.65. The van der Waals surface area contributed by atoms with E-state index in [9.17, 15) is 9.18 Å². The van der Waals surface area contributed by atoms with Gasteiger partial charge in [-0.3, -0.25) is 4.79 Å². The molecule has 0 saturated heterocycles. The molecule has 1 amide bonds. The minimum absolute atomic E-state index is 0.125. The lowest BCUT2D eigenvalue weighted by Gasteiger charge is -2.11. The summed E-state index contributed by atoms with van der Waals surface area (Å²) in [6.45, 7) is 2.67. The Hall–Kier alpha value is -2.13. The second-order valence-electron chi connectivity index (χ2n) is 5.12. The topological polar surface area (TPSA) is 95.1 Å². The minimum Gasteiger partial charge on any atom is -0.383 e. The van der Waals surface area contributed by atoms with E-state index < -0.39 is 0 Å². The predicted octanol–water partition coefficient (Wildman–Crippen LogP) is 0.965. The Labute approximate surface area is 143 Å². The Balaban J connectivity index is 1.96. The molecule has 0 radical (unpaired) electrons. The van der Waals surface area contributed by atoms with Gasteiger partial charge < -0.3 is 15.9 Å². The zero-order valence-corrected chi connectivity index (χ0v) is 14.3. The van der Waals surface area contributed by atoms with E-state index >= 15 is 0 Å². The highest BCUT2D eigenvalue weighted by atomic mass is 32.2. The van der Waals surface area contributed by atoms with E-state index in [0.29, 0.717) is 30.6 Å². The van der Waals surface area contributed by atoms with Crippen molar-refractivity contribution < 1.29 is 13.9 Å². The van der Waals surface area contributed by atoms with E-state index in [1.54, 1.807) is 26.2 Å². The van der Waals surface area contributed by atoms with Crippen molar-refractivity contribution in [2.24, 2.45) is 0 Å².